The number of carboxylic acid groups (broad SMARTS) is 1. The predicted octanol–water partition coefficient (Wildman–Crippen LogP) is 2.57. The molecule has 96 valence electrons. The molecule has 2 amide bonds. The largest absolute Gasteiger partial charge is 0.478 e. The third kappa shape index (κ3) is 2.92. The molecule has 0 heterocycles. The van der Waals surface area contributed by atoms with Gasteiger partial charge in [-0.3, -0.25) is 0 Å². The minimum atomic E-state index is -1.11. The monoisotopic (exact) mass is 268 g/mol. The number of halogens is 1. The number of rotatable bonds is 3. The van der Waals surface area contributed by atoms with E-state index in [-0.39, 0.29) is 17.3 Å². The van der Waals surface area contributed by atoms with Crippen LogP contribution in [0.2, 0.25) is 5.02 Å². The number of nitrogens with one attached hydrogen (secondary N) is 2. The van der Waals surface area contributed by atoms with Gasteiger partial charge in [0.25, 0.3) is 0 Å². The Morgan fingerprint density at radius 2 is 2.11 bits per heavy atom. The Balaban J connectivity index is 2.09. The molecule has 1 saturated carbocycles. The van der Waals surface area contributed by atoms with Crippen LogP contribution >= 0.6 is 11.6 Å². The van der Waals surface area contributed by atoms with Crippen LogP contribution in [-0.2, 0) is 0 Å². The van der Waals surface area contributed by atoms with Crippen LogP contribution in [0.3, 0.4) is 0 Å². The molecule has 0 bridgehead atoms. The van der Waals surface area contributed by atoms with E-state index in [2.05, 4.69) is 10.6 Å². The highest BCUT2D eigenvalue weighted by atomic mass is 35.5. The third-order valence-corrected chi connectivity index (χ3v) is 3.12. The van der Waals surface area contributed by atoms with Crippen molar-refractivity contribution < 1.29 is 14.7 Å². The van der Waals surface area contributed by atoms with Crippen LogP contribution in [-0.4, -0.2) is 23.1 Å². The summed E-state index contributed by atoms with van der Waals surface area (Å²) in [5, 5.41) is 14.6. The molecular formula is C12H13ClN2O3. The molecule has 1 aliphatic carbocycles. The zero-order chi connectivity index (χ0) is 13.3. The molecule has 2 rings (SSSR count). The second-order valence-electron chi connectivity index (χ2n) is 4.41. The maximum atomic E-state index is 11.6. The summed E-state index contributed by atoms with van der Waals surface area (Å²) in [7, 11) is 0. The van der Waals surface area contributed by atoms with Crippen LogP contribution in [0.1, 0.15) is 23.7 Å². The highest BCUT2D eigenvalue weighted by molar-refractivity contribution is 6.31. The van der Waals surface area contributed by atoms with Gasteiger partial charge in [0.2, 0.25) is 0 Å². The Bertz CT molecular complexity index is 504. The lowest BCUT2D eigenvalue weighted by Crippen LogP contribution is -2.31. The molecular weight excluding hydrogens is 256 g/mol. The fraction of sp³-hybridized carbons (Fsp3) is 0.333. The van der Waals surface area contributed by atoms with Crippen LogP contribution in [0, 0.1) is 5.92 Å². The Labute approximate surface area is 109 Å². The van der Waals surface area contributed by atoms with Crippen molar-refractivity contribution >= 4 is 29.3 Å². The summed E-state index contributed by atoms with van der Waals surface area (Å²) in [6.45, 7) is 2.03. The van der Waals surface area contributed by atoms with E-state index in [1.165, 1.54) is 18.2 Å². The van der Waals surface area contributed by atoms with E-state index in [1.807, 2.05) is 6.92 Å². The number of urea groups is 1. The molecule has 0 spiro atoms. The van der Waals surface area contributed by atoms with Crippen molar-refractivity contribution in [3.05, 3.63) is 28.8 Å². The molecule has 5 nitrogen and oxygen atoms in total. The van der Waals surface area contributed by atoms with Gasteiger partial charge in [-0.15, -0.1) is 0 Å². The van der Waals surface area contributed by atoms with Crippen molar-refractivity contribution in [2.45, 2.75) is 19.4 Å². The lowest BCUT2D eigenvalue weighted by molar-refractivity contribution is 0.0698. The maximum absolute atomic E-state index is 11.6. The number of benzene rings is 1. The average molecular weight is 269 g/mol. The van der Waals surface area contributed by atoms with Crippen LogP contribution in [0.25, 0.3) is 0 Å². The van der Waals surface area contributed by atoms with E-state index < -0.39 is 12.0 Å². The SMILES string of the molecule is CC1CC1NC(=O)Nc1cc(Cl)ccc1C(=O)O. The van der Waals surface area contributed by atoms with Crippen LogP contribution in [0.15, 0.2) is 18.2 Å². The van der Waals surface area contributed by atoms with Gasteiger partial charge in [0.1, 0.15) is 0 Å². The van der Waals surface area contributed by atoms with E-state index >= 15 is 0 Å². The van der Waals surface area contributed by atoms with Gasteiger partial charge in [-0.1, -0.05) is 18.5 Å². The zero-order valence-corrected chi connectivity index (χ0v) is 10.5. The Kier molecular flexibility index (Phi) is 3.43. The molecule has 18 heavy (non-hydrogen) atoms. The minimum absolute atomic E-state index is 0.0124. The Morgan fingerprint density at radius 1 is 1.44 bits per heavy atom. The molecule has 1 aromatic carbocycles. The van der Waals surface area contributed by atoms with Gasteiger partial charge in [-0.2, -0.15) is 0 Å². The van der Waals surface area contributed by atoms with Gasteiger partial charge in [-0.25, -0.2) is 9.59 Å². The highest BCUT2D eigenvalue weighted by Gasteiger charge is 2.33. The van der Waals surface area contributed by atoms with Crippen molar-refractivity contribution in [3.8, 4) is 0 Å². The topological polar surface area (TPSA) is 78.4 Å². The molecule has 6 heteroatoms. The molecule has 0 aliphatic heterocycles. The summed E-state index contributed by atoms with van der Waals surface area (Å²) in [5.74, 6) is -0.629. The first-order valence-corrected chi connectivity index (χ1v) is 5.95. The molecule has 1 aliphatic rings. The predicted molar refractivity (Wildman–Crippen MR) is 68.1 cm³/mol. The molecule has 0 radical (unpaired) electrons. The zero-order valence-electron chi connectivity index (χ0n) is 9.74. The lowest BCUT2D eigenvalue weighted by Gasteiger charge is -2.10. The van der Waals surface area contributed by atoms with Gasteiger partial charge < -0.3 is 15.7 Å². The summed E-state index contributed by atoms with van der Waals surface area (Å²) in [6, 6.07) is 4.02. The van der Waals surface area contributed by atoms with Crippen LogP contribution < -0.4 is 10.6 Å². The molecule has 2 atom stereocenters. The molecule has 0 aromatic heterocycles. The Morgan fingerprint density at radius 3 is 2.67 bits per heavy atom. The van der Waals surface area contributed by atoms with Crippen LogP contribution in [0.5, 0.6) is 0 Å². The first-order chi connectivity index (χ1) is 8.47. The summed E-state index contributed by atoms with van der Waals surface area (Å²) in [4.78, 5) is 22.6. The van der Waals surface area contributed by atoms with Crippen LogP contribution in [0.4, 0.5) is 10.5 Å². The molecule has 1 fully saturated rings. The van der Waals surface area contributed by atoms with Crippen molar-refractivity contribution in [2.24, 2.45) is 5.92 Å². The summed E-state index contributed by atoms with van der Waals surface area (Å²) >= 11 is 5.78. The quantitative estimate of drug-likeness (QED) is 0.788. The lowest BCUT2D eigenvalue weighted by atomic mass is 10.2. The molecule has 2 unspecified atom stereocenters. The number of amides is 2. The number of hydrogen-bond donors (Lipinski definition) is 3. The van der Waals surface area contributed by atoms with Crippen molar-refractivity contribution in [1.82, 2.24) is 5.32 Å². The second-order valence-corrected chi connectivity index (χ2v) is 4.85. The number of carbonyl (C=O) groups excluding carboxylic acids is 1. The summed E-state index contributed by atoms with van der Waals surface area (Å²) in [6.07, 6.45) is 0.953. The minimum Gasteiger partial charge on any atom is -0.478 e. The molecule has 0 saturated heterocycles. The van der Waals surface area contributed by atoms with Crippen molar-refractivity contribution in [2.75, 3.05) is 5.32 Å². The fourth-order valence-electron chi connectivity index (χ4n) is 1.66. The van der Waals surface area contributed by atoms with E-state index in [4.69, 9.17) is 16.7 Å². The number of carbonyl (C=O) groups is 2. The van der Waals surface area contributed by atoms with E-state index in [9.17, 15) is 9.59 Å². The van der Waals surface area contributed by atoms with E-state index in [0.717, 1.165) is 6.42 Å². The number of anilines is 1. The smallest absolute Gasteiger partial charge is 0.337 e. The van der Waals surface area contributed by atoms with Gasteiger partial charge in [-0.05, 0) is 30.5 Å². The first kappa shape index (κ1) is 12.7. The second kappa shape index (κ2) is 4.86. The normalized spacial score (nSPS) is 21.2. The van der Waals surface area contributed by atoms with Crippen molar-refractivity contribution in [3.63, 3.8) is 0 Å². The molecule has 3 N–H and O–H groups in total. The van der Waals surface area contributed by atoms with E-state index in [1.54, 1.807) is 0 Å². The van der Waals surface area contributed by atoms with Gasteiger partial charge in [0, 0.05) is 11.1 Å². The first-order valence-electron chi connectivity index (χ1n) is 5.57. The van der Waals surface area contributed by atoms with Gasteiger partial charge in [0.15, 0.2) is 0 Å². The van der Waals surface area contributed by atoms with Gasteiger partial charge >= 0.3 is 12.0 Å². The van der Waals surface area contributed by atoms with Gasteiger partial charge in [0.05, 0.1) is 11.3 Å². The standard InChI is InChI=1S/C12H13ClN2O3/c1-6-4-9(6)14-12(18)15-10-5-7(13)2-3-8(10)11(16)17/h2-3,5-6,9H,4H2,1H3,(H,16,17)(H2,14,15,18). The maximum Gasteiger partial charge on any atom is 0.337 e. The summed E-state index contributed by atoms with van der Waals surface area (Å²) in [5.41, 5.74) is 0.208. The third-order valence-electron chi connectivity index (χ3n) is 2.89. The number of aromatic carboxylic acids is 1. The highest BCUT2D eigenvalue weighted by Crippen LogP contribution is 2.29. The van der Waals surface area contributed by atoms with Crippen molar-refractivity contribution in [1.29, 1.82) is 0 Å². The van der Waals surface area contributed by atoms with E-state index in [0.29, 0.717) is 10.9 Å². The number of carboxylic acids is 1. The fourth-order valence-corrected chi connectivity index (χ4v) is 1.83. The average Bonchev–Trinajstić information content (AvgIpc) is 2.93. The Hall–Kier alpha value is -1.75. The summed E-state index contributed by atoms with van der Waals surface area (Å²) < 4.78 is 0. The number of hydrogen-bond acceptors (Lipinski definition) is 2. The molecule has 1 aromatic rings.